The number of hydrogen-bond donors (Lipinski definition) is 1. The fraction of sp³-hybridized carbons (Fsp3) is 1.00. The second-order valence-corrected chi connectivity index (χ2v) is 7.20. The zero-order valence-corrected chi connectivity index (χ0v) is 13.3. The van der Waals surface area contributed by atoms with Gasteiger partial charge in [0.25, 0.3) is 0 Å². The van der Waals surface area contributed by atoms with Crippen molar-refractivity contribution in [3.05, 3.63) is 0 Å². The minimum Gasteiger partial charge on any atom is -0.380 e. The molecule has 2 aliphatic carbocycles. The standard InChI is InChI=1S/C17H33NO/c1-5-8-18-16(17(19-4)14-6-7-14)15-10-12(2)9-13(3)11-15/h12-18H,5-11H2,1-4H3. The first-order valence-corrected chi connectivity index (χ1v) is 8.41. The van der Waals surface area contributed by atoms with Crippen LogP contribution in [-0.2, 0) is 4.74 Å². The van der Waals surface area contributed by atoms with Gasteiger partial charge in [-0.3, -0.25) is 0 Å². The molecule has 0 saturated heterocycles. The number of hydrogen-bond acceptors (Lipinski definition) is 2. The molecule has 4 unspecified atom stereocenters. The van der Waals surface area contributed by atoms with Gasteiger partial charge >= 0.3 is 0 Å². The number of nitrogens with one attached hydrogen (secondary N) is 1. The Labute approximate surface area is 119 Å². The Morgan fingerprint density at radius 1 is 1.05 bits per heavy atom. The first kappa shape index (κ1) is 15.3. The maximum Gasteiger partial charge on any atom is 0.0755 e. The fourth-order valence-corrected chi connectivity index (χ4v) is 4.22. The van der Waals surface area contributed by atoms with Crippen LogP contribution in [0.15, 0.2) is 0 Å². The minimum absolute atomic E-state index is 0.453. The number of ether oxygens (including phenoxy) is 1. The predicted molar refractivity (Wildman–Crippen MR) is 81.3 cm³/mol. The summed E-state index contributed by atoms with van der Waals surface area (Å²) in [7, 11) is 1.92. The van der Waals surface area contributed by atoms with Crippen LogP contribution in [0.2, 0.25) is 0 Å². The molecule has 2 saturated carbocycles. The van der Waals surface area contributed by atoms with Crippen molar-refractivity contribution in [2.75, 3.05) is 13.7 Å². The molecule has 0 amide bonds. The molecule has 112 valence electrons. The molecule has 1 N–H and O–H groups in total. The Hall–Kier alpha value is -0.0800. The molecule has 2 heteroatoms. The Bertz CT molecular complexity index is 254. The quantitative estimate of drug-likeness (QED) is 0.756. The minimum atomic E-state index is 0.453. The van der Waals surface area contributed by atoms with Gasteiger partial charge in [0.15, 0.2) is 0 Å². The molecule has 2 aliphatic rings. The van der Waals surface area contributed by atoms with Gasteiger partial charge in [-0.2, -0.15) is 0 Å². The van der Waals surface area contributed by atoms with E-state index in [4.69, 9.17) is 4.74 Å². The summed E-state index contributed by atoms with van der Waals surface area (Å²) in [6.45, 7) is 8.25. The molecule has 0 aromatic carbocycles. The van der Waals surface area contributed by atoms with Crippen LogP contribution >= 0.6 is 0 Å². The second kappa shape index (κ2) is 7.08. The van der Waals surface area contributed by atoms with Crippen molar-refractivity contribution in [3.8, 4) is 0 Å². The van der Waals surface area contributed by atoms with Gasteiger partial charge in [0, 0.05) is 13.2 Å². The second-order valence-electron chi connectivity index (χ2n) is 7.20. The molecule has 0 radical (unpaired) electrons. The Kier molecular flexibility index (Phi) is 5.70. The van der Waals surface area contributed by atoms with E-state index in [-0.39, 0.29) is 0 Å². The van der Waals surface area contributed by atoms with Gasteiger partial charge in [0.1, 0.15) is 0 Å². The van der Waals surface area contributed by atoms with Crippen molar-refractivity contribution < 1.29 is 4.74 Å². The van der Waals surface area contributed by atoms with Crippen molar-refractivity contribution >= 4 is 0 Å². The van der Waals surface area contributed by atoms with Gasteiger partial charge in [-0.1, -0.05) is 20.8 Å². The summed E-state index contributed by atoms with van der Waals surface area (Å²) in [4.78, 5) is 0. The van der Waals surface area contributed by atoms with Crippen molar-refractivity contribution in [2.24, 2.45) is 23.7 Å². The SMILES string of the molecule is CCCNC(C1CC(C)CC(C)C1)C(OC)C1CC1. The number of rotatable bonds is 7. The summed E-state index contributed by atoms with van der Waals surface area (Å²) in [5, 5.41) is 3.83. The highest BCUT2D eigenvalue weighted by atomic mass is 16.5. The third kappa shape index (κ3) is 4.19. The smallest absolute Gasteiger partial charge is 0.0755 e. The van der Waals surface area contributed by atoms with Crippen molar-refractivity contribution in [1.29, 1.82) is 0 Å². The van der Waals surface area contributed by atoms with Crippen LogP contribution in [0.5, 0.6) is 0 Å². The molecule has 4 atom stereocenters. The lowest BCUT2D eigenvalue weighted by molar-refractivity contribution is 0.0146. The molecule has 0 bridgehead atoms. The zero-order chi connectivity index (χ0) is 13.8. The molecule has 0 aromatic heterocycles. The van der Waals surface area contributed by atoms with Gasteiger partial charge in [-0.25, -0.2) is 0 Å². The zero-order valence-electron chi connectivity index (χ0n) is 13.3. The van der Waals surface area contributed by atoms with Crippen LogP contribution in [0.4, 0.5) is 0 Å². The highest BCUT2D eigenvalue weighted by Gasteiger charge is 2.41. The third-order valence-electron chi connectivity index (χ3n) is 5.07. The van der Waals surface area contributed by atoms with Gasteiger partial charge < -0.3 is 10.1 Å². The summed E-state index contributed by atoms with van der Waals surface area (Å²) in [5.74, 6) is 3.41. The molecule has 0 aromatic rings. The molecule has 0 spiro atoms. The van der Waals surface area contributed by atoms with E-state index in [1.807, 2.05) is 7.11 Å². The monoisotopic (exact) mass is 267 g/mol. The van der Waals surface area contributed by atoms with Crippen LogP contribution in [0.25, 0.3) is 0 Å². The largest absolute Gasteiger partial charge is 0.380 e. The van der Waals surface area contributed by atoms with E-state index < -0.39 is 0 Å². The first-order chi connectivity index (χ1) is 9.15. The van der Waals surface area contributed by atoms with Gasteiger partial charge in [-0.15, -0.1) is 0 Å². The van der Waals surface area contributed by atoms with Gasteiger partial charge in [0.05, 0.1) is 6.10 Å². The van der Waals surface area contributed by atoms with Crippen LogP contribution in [0.1, 0.15) is 59.3 Å². The van der Waals surface area contributed by atoms with E-state index in [2.05, 4.69) is 26.1 Å². The van der Waals surface area contributed by atoms with Crippen molar-refractivity contribution in [2.45, 2.75) is 71.4 Å². The summed E-state index contributed by atoms with van der Waals surface area (Å²) in [6.07, 6.45) is 8.61. The van der Waals surface area contributed by atoms with Gasteiger partial charge in [-0.05, 0) is 68.7 Å². The predicted octanol–water partition coefficient (Wildman–Crippen LogP) is 3.85. The molecule has 0 heterocycles. The van der Waals surface area contributed by atoms with E-state index in [0.717, 1.165) is 30.2 Å². The van der Waals surface area contributed by atoms with Crippen LogP contribution < -0.4 is 5.32 Å². The molecule has 0 aliphatic heterocycles. The van der Waals surface area contributed by atoms with E-state index in [1.54, 1.807) is 0 Å². The molecule has 2 nitrogen and oxygen atoms in total. The fourth-order valence-electron chi connectivity index (χ4n) is 4.22. The summed E-state index contributed by atoms with van der Waals surface area (Å²) in [5.41, 5.74) is 0. The molecular weight excluding hydrogens is 234 g/mol. The van der Waals surface area contributed by atoms with Crippen LogP contribution in [-0.4, -0.2) is 25.8 Å². The number of methoxy groups -OCH3 is 1. The van der Waals surface area contributed by atoms with Crippen molar-refractivity contribution in [3.63, 3.8) is 0 Å². The third-order valence-corrected chi connectivity index (χ3v) is 5.07. The first-order valence-electron chi connectivity index (χ1n) is 8.41. The highest BCUT2D eigenvalue weighted by molar-refractivity contribution is 4.95. The summed E-state index contributed by atoms with van der Waals surface area (Å²) < 4.78 is 5.89. The molecular formula is C17H33NO. The van der Waals surface area contributed by atoms with E-state index in [1.165, 1.54) is 38.5 Å². The van der Waals surface area contributed by atoms with E-state index in [0.29, 0.717) is 12.1 Å². The lowest BCUT2D eigenvalue weighted by atomic mass is 9.72. The highest BCUT2D eigenvalue weighted by Crippen LogP contribution is 2.41. The lowest BCUT2D eigenvalue weighted by Crippen LogP contribution is -2.49. The van der Waals surface area contributed by atoms with E-state index >= 15 is 0 Å². The molecule has 2 fully saturated rings. The Morgan fingerprint density at radius 2 is 1.68 bits per heavy atom. The van der Waals surface area contributed by atoms with Gasteiger partial charge in [0.2, 0.25) is 0 Å². The summed E-state index contributed by atoms with van der Waals surface area (Å²) >= 11 is 0. The van der Waals surface area contributed by atoms with Crippen LogP contribution in [0, 0.1) is 23.7 Å². The lowest BCUT2D eigenvalue weighted by Gasteiger charge is -2.40. The average Bonchev–Trinajstić information content (AvgIpc) is 3.17. The normalized spacial score (nSPS) is 35.1. The molecule has 19 heavy (non-hydrogen) atoms. The maximum atomic E-state index is 5.89. The van der Waals surface area contributed by atoms with Crippen molar-refractivity contribution in [1.82, 2.24) is 5.32 Å². The average molecular weight is 267 g/mol. The van der Waals surface area contributed by atoms with Crippen LogP contribution in [0.3, 0.4) is 0 Å². The Morgan fingerprint density at radius 3 is 2.16 bits per heavy atom. The topological polar surface area (TPSA) is 21.3 Å². The Balaban J connectivity index is 2.02. The molecule has 2 rings (SSSR count). The van der Waals surface area contributed by atoms with E-state index in [9.17, 15) is 0 Å². The summed E-state index contributed by atoms with van der Waals surface area (Å²) in [6, 6.07) is 0.586. The maximum absolute atomic E-state index is 5.89.